The van der Waals surface area contributed by atoms with Gasteiger partial charge in [-0.1, -0.05) is 20.8 Å². The molecule has 1 rings (SSSR count). The van der Waals surface area contributed by atoms with Crippen molar-refractivity contribution < 1.29 is 14.6 Å². The second kappa shape index (κ2) is 4.72. The molecule has 1 N–H and O–H groups in total. The number of methoxy groups -OCH3 is 1. The van der Waals surface area contributed by atoms with Crippen molar-refractivity contribution in [1.82, 2.24) is 4.90 Å². The number of ether oxygens (including phenoxy) is 1. The van der Waals surface area contributed by atoms with E-state index in [1.807, 2.05) is 27.7 Å². The van der Waals surface area contributed by atoms with Gasteiger partial charge in [0.15, 0.2) is 0 Å². The van der Waals surface area contributed by atoms with Crippen molar-refractivity contribution in [1.29, 1.82) is 0 Å². The monoisotopic (exact) mass is 229 g/mol. The number of nitrogens with zero attached hydrogens (tertiary/aromatic N) is 1. The largest absolute Gasteiger partial charge is 0.469 e. The molecule has 2 unspecified atom stereocenters. The van der Waals surface area contributed by atoms with E-state index >= 15 is 0 Å². The fourth-order valence-electron chi connectivity index (χ4n) is 2.01. The Morgan fingerprint density at radius 3 is 2.19 bits per heavy atom. The van der Waals surface area contributed by atoms with Gasteiger partial charge in [0, 0.05) is 19.1 Å². The topological polar surface area (TPSA) is 49.8 Å². The SMILES string of the molecule is COC(=O)C(C)C(C)N1CC(O)(C(C)C)C1. The standard InChI is InChI=1S/C12H23NO3/c1-8(2)12(15)6-13(7-12)10(4)9(3)11(14)16-5/h8-10,15H,6-7H2,1-5H3. The van der Waals surface area contributed by atoms with Crippen molar-refractivity contribution >= 4 is 5.97 Å². The lowest BCUT2D eigenvalue weighted by molar-refractivity contribution is -0.162. The van der Waals surface area contributed by atoms with Crippen LogP contribution in [0.2, 0.25) is 0 Å². The maximum absolute atomic E-state index is 11.4. The highest BCUT2D eigenvalue weighted by Crippen LogP contribution is 2.31. The van der Waals surface area contributed by atoms with E-state index in [-0.39, 0.29) is 23.8 Å². The molecule has 0 aromatic heterocycles. The number of aliphatic hydroxyl groups is 1. The Balaban J connectivity index is 2.48. The lowest BCUT2D eigenvalue weighted by Gasteiger charge is -2.52. The summed E-state index contributed by atoms with van der Waals surface area (Å²) in [5.41, 5.74) is -0.579. The summed E-state index contributed by atoms with van der Waals surface area (Å²) >= 11 is 0. The van der Waals surface area contributed by atoms with Gasteiger partial charge in [0.25, 0.3) is 0 Å². The summed E-state index contributed by atoms with van der Waals surface area (Å²) in [7, 11) is 1.41. The maximum atomic E-state index is 11.4. The van der Waals surface area contributed by atoms with Gasteiger partial charge >= 0.3 is 5.97 Å². The third kappa shape index (κ3) is 2.38. The average molecular weight is 229 g/mol. The molecular formula is C12H23NO3. The number of carbonyl (C=O) groups is 1. The third-order valence-electron chi connectivity index (χ3n) is 3.90. The van der Waals surface area contributed by atoms with Crippen LogP contribution in [-0.4, -0.2) is 47.8 Å². The van der Waals surface area contributed by atoms with Crippen LogP contribution in [0.3, 0.4) is 0 Å². The second-order valence-electron chi connectivity index (χ2n) is 5.22. The highest BCUT2D eigenvalue weighted by atomic mass is 16.5. The normalized spacial score (nSPS) is 23.7. The van der Waals surface area contributed by atoms with Crippen LogP contribution in [0.5, 0.6) is 0 Å². The molecule has 1 heterocycles. The van der Waals surface area contributed by atoms with E-state index in [4.69, 9.17) is 4.74 Å². The highest BCUT2D eigenvalue weighted by Gasteiger charge is 2.46. The van der Waals surface area contributed by atoms with E-state index in [1.165, 1.54) is 7.11 Å². The second-order valence-corrected chi connectivity index (χ2v) is 5.22. The molecule has 0 aliphatic carbocycles. The predicted molar refractivity (Wildman–Crippen MR) is 62.0 cm³/mol. The number of hydrogen-bond acceptors (Lipinski definition) is 4. The first kappa shape index (κ1) is 13.5. The Bertz CT molecular complexity index is 259. The summed E-state index contributed by atoms with van der Waals surface area (Å²) in [6, 6.07) is 0.117. The molecule has 4 nitrogen and oxygen atoms in total. The molecule has 2 atom stereocenters. The predicted octanol–water partition coefficient (Wildman–Crippen LogP) is 0.887. The molecule has 94 valence electrons. The number of esters is 1. The lowest BCUT2D eigenvalue weighted by atomic mass is 9.81. The molecule has 0 radical (unpaired) electrons. The zero-order valence-corrected chi connectivity index (χ0v) is 10.9. The van der Waals surface area contributed by atoms with Crippen molar-refractivity contribution in [3.8, 4) is 0 Å². The van der Waals surface area contributed by atoms with E-state index < -0.39 is 5.60 Å². The molecule has 1 saturated heterocycles. The maximum Gasteiger partial charge on any atom is 0.309 e. The van der Waals surface area contributed by atoms with Crippen LogP contribution in [0.15, 0.2) is 0 Å². The first-order valence-electron chi connectivity index (χ1n) is 5.86. The summed E-state index contributed by atoms with van der Waals surface area (Å²) in [5.74, 6) is -0.0846. The molecule has 0 spiro atoms. The Morgan fingerprint density at radius 1 is 1.31 bits per heavy atom. The minimum atomic E-state index is -0.579. The number of hydrogen-bond donors (Lipinski definition) is 1. The molecule has 0 saturated carbocycles. The molecule has 0 bridgehead atoms. The van der Waals surface area contributed by atoms with Crippen LogP contribution < -0.4 is 0 Å². The van der Waals surface area contributed by atoms with Crippen LogP contribution in [-0.2, 0) is 9.53 Å². The van der Waals surface area contributed by atoms with E-state index in [1.54, 1.807) is 0 Å². The van der Waals surface area contributed by atoms with Gasteiger partial charge in [0.1, 0.15) is 0 Å². The summed E-state index contributed by atoms with van der Waals surface area (Å²) < 4.78 is 4.72. The van der Waals surface area contributed by atoms with Crippen LogP contribution in [0.4, 0.5) is 0 Å². The minimum Gasteiger partial charge on any atom is -0.469 e. The Morgan fingerprint density at radius 2 is 1.81 bits per heavy atom. The van der Waals surface area contributed by atoms with Crippen molar-refractivity contribution in [2.45, 2.75) is 39.3 Å². The van der Waals surface area contributed by atoms with Gasteiger partial charge in [-0.3, -0.25) is 9.69 Å². The molecule has 1 fully saturated rings. The molecule has 0 amide bonds. The molecule has 0 aromatic rings. The molecule has 0 aromatic carbocycles. The van der Waals surface area contributed by atoms with Gasteiger partial charge in [0.05, 0.1) is 18.6 Å². The van der Waals surface area contributed by atoms with E-state index in [2.05, 4.69) is 4.90 Å². The summed E-state index contributed by atoms with van der Waals surface area (Å²) in [6.07, 6.45) is 0. The number of carbonyl (C=O) groups excluding carboxylic acids is 1. The molecule has 16 heavy (non-hydrogen) atoms. The van der Waals surface area contributed by atoms with Crippen LogP contribution in [0.25, 0.3) is 0 Å². The Labute approximate surface area is 97.6 Å². The van der Waals surface area contributed by atoms with Gasteiger partial charge in [-0.25, -0.2) is 0 Å². The van der Waals surface area contributed by atoms with Gasteiger partial charge in [-0.2, -0.15) is 0 Å². The Kier molecular flexibility index (Phi) is 3.97. The quantitative estimate of drug-likeness (QED) is 0.727. The molecular weight excluding hydrogens is 206 g/mol. The fraction of sp³-hybridized carbons (Fsp3) is 0.917. The fourth-order valence-corrected chi connectivity index (χ4v) is 2.01. The van der Waals surface area contributed by atoms with Crippen LogP contribution in [0.1, 0.15) is 27.7 Å². The van der Waals surface area contributed by atoms with Gasteiger partial charge in [-0.05, 0) is 12.8 Å². The van der Waals surface area contributed by atoms with E-state index in [0.29, 0.717) is 13.1 Å². The Hall–Kier alpha value is -0.610. The van der Waals surface area contributed by atoms with Crippen molar-refractivity contribution in [3.05, 3.63) is 0 Å². The third-order valence-corrected chi connectivity index (χ3v) is 3.90. The number of likely N-dealkylation sites (tertiary alicyclic amines) is 1. The zero-order valence-electron chi connectivity index (χ0n) is 10.9. The summed E-state index contributed by atoms with van der Waals surface area (Å²) in [6.45, 7) is 9.20. The van der Waals surface area contributed by atoms with E-state index in [9.17, 15) is 9.90 Å². The molecule has 1 aliphatic rings. The van der Waals surface area contributed by atoms with Gasteiger partial charge in [0.2, 0.25) is 0 Å². The zero-order chi connectivity index (χ0) is 12.5. The smallest absolute Gasteiger partial charge is 0.309 e. The van der Waals surface area contributed by atoms with Crippen molar-refractivity contribution in [2.24, 2.45) is 11.8 Å². The summed E-state index contributed by atoms with van der Waals surface area (Å²) in [5, 5.41) is 10.1. The van der Waals surface area contributed by atoms with Gasteiger partial charge in [-0.15, -0.1) is 0 Å². The van der Waals surface area contributed by atoms with Gasteiger partial charge < -0.3 is 9.84 Å². The van der Waals surface area contributed by atoms with Crippen molar-refractivity contribution in [2.75, 3.05) is 20.2 Å². The average Bonchev–Trinajstić information content (AvgIpc) is 2.21. The molecule has 4 heteroatoms. The lowest BCUT2D eigenvalue weighted by Crippen LogP contribution is -2.67. The number of rotatable bonds is 4. The van der Waals surface area contributed by atoms with Crippen LogP contribution >= 0.6 is 0 Å². The first-order valence-corrected chi connectivity index (χ1v) is 5.86. The first-order chi connectivity index (χ1) is 7.31. The highest BCUT2D eigenvalue weighted by molar-refractivity contribution is 5.72. The summed E-state index contributed by atoms with van der Waals surface area (Å²) in [4.78, 5) is 13.5. The minimum absolute atomic E-state index is 0.117. The van der Waals surface area contributed by atoms with E-state index in [0.717, 1.165) is 0 Å². The number of β-amino-alcohol motifs (C(OH)–C–C–N with tert-alkyl or cyclic N) is 1. The molecule has 1 aliphatic heterocycles. The van der Waals surface area contributed by atoms with Crippen molar-refractivity contribution in [3.63, 3.8) is 0 Å². The van der Waals surface area contributed by atoms with Crippen LogP contribution in [0, 0.1) is 11.8 Å².